The van der Waals surface area contributed by atoms with Crippen LogP contribution in [0.3, 0.4) is 0 Å². The zero-order valence-electron chi connectivity index (χ0n) is 11.7. The molecule has 2 aliphatic rings. The van der Waals surface area contributed by atoms with Crippen LogP contribution in [0.5, 0.6) is 0 Å². The van der Waals surface area contributed by atoms with E-state index in [0.717, 1.165) is 30.3 Å². The second-order valence-corrected chi connectivity index (χ2v) is 7.52. The lowest BCUT2D eigenvalue weighted by atomic mass is 10.1. The molecule has 0 spiro atoms. The molecule has 6 nitrogen and oxygen atoms in total. The zero-order valence-corrected chi connectivity index (χ0v) is 12.6. The summed E-state index contributed by atoms with van der Waals surface area (Å²) in [5, 5.41) is 0. The van der Waals surface area contributed by atoms with Gasteiger partial charge in [-0.25, -0.2) is 18.4 Å². The maximum Gasteiger partial charge on any atom is 0.225 e. The van der Waals surface area contributed by atoms with E-state index in [0.29, 0.717) is 19.5 Å². The second kappa shape index (κ2) is 5.29. The minimum absolute atomic E-state index is 0.397. The lowest BCUT2D eigenvalue weighted by molar-refractivity contribution is 0.390. The first-order valence-corrected chi connectivity index (χ1v) is 8.94. The van der Waals surface area contributed by atoms with E-state index in [1.165, 1.54) is 29.8 Å². The molecule has 1 fully saturated rings. The van der Waals surface area contributed by atoms with Crippen molar-refractivity contribution in [1.29, 1.82) is 0 Å². The van der Waals surface area contributed by atoms with Gasteiger partial charge in [-0.1, -0.05) is 0 Å². The molecule has 0 atom stereocenters. The van der Waals surface area contributed by atoms with Gasteiger partial charge in [0.1, 0.15) is 0 Å². The van der Waals surface area contributed by atoms with Gasteiger partial charge in [0.15, 0.2) is 0 Å². The summed E-state index contributed by atoms with van der Waals surface area (Å²) in [7, 11) is -3.13. The molecule has 1 aromatic rings. The first-order chi connectivity index (χ1) is 9.54. The van der Waals surface area contributed by atoms with Gasteiger partial charge in [0.2, 0.25) is 16.0 Å². The Morgan fingerprint density at radius 3 is 2.60 bits per heavy atom. The normalized spacial score (nSPS) is 20.8. The minimum Gasteiger partial charge on any atom is -0.341 e. The Bertz CT molecular complexity index is 596. The average molecular weight is 296 g/mol. The molecule has 0 amide bonds. The number of hydrogen-bond acceptors (Lipinski definition) is 5. The maximum absolute atomic E-state index is 11.6. The predicted molar refractivity (Wildman–Crippen MR) is 77.1 cm³/mol. The molecule has 110 valence electrons. The van der Waals surface area contributed by atoms with Crippen molar-refractivity contribution in [3.05, 3.63) is 17.5 Å². The molecule has 3 heterocycles. The molecule has 3 rings (SSSR count). The van der Waals surface area contributed by atoms with Crippen LogP contribution >= 0.6 is 0 Å². The first kappa shape index (κ1) is 13.8. The van der Waals surface area contributed by atoms with Crippen LogP contribution in [0.15, 0.2) is 6.20 Å². The van der Waals surface area contributed by atoms with Gasteiger partial charge in [0.25, 0.3) is 0 Å². The molecule has 0 unspecified atom stereocenters. The number of nitrogens with zero attached hydrogens (tertiary/aromatic N) is 4. The Balaban J connectivity index is 1.81. The number of piperidine rings is 1. The highest BCUT2D eigenvalue weighted by Crippen LogP contribution is 2.22. The molecule has 0 bridgehead atoms. The Morgan fingerprint density at radius 1 is 1.15 bits per heavy atom. The molecule has 0 N–H and O–H groups in total. The molecule has 1 aromatic heterocycles. The van der Waals surface area contributed by atoms with Crippen LogP contribution in [-0.2, 0) is 23.0 Å². The lowest BCUT2D eigenvalue weighted by Crippen LogP contribution is -2.36. The number of rotatable bonds is 2. The van der Waals surface area contributed by atoms with E-state index in [1.54, 1.807) is 6.20 Å². The van der Waals surface area contributed by atoms with Crippen LogP contribution in [0.2, 0.25) is 0 Å². The molecular formula is C13H20N4O2S. The van der Waals surface area contributed by atoms with Gasteiger partial charge in [-0.3, -0.25) is 0 Å². The largest absolute Gasteiger partial charge is 0.341 e. The molecule has 20 heavy (non-hydrogen) atoms. The maximum atomic E-state index is 11.6. The second-order valence-electron chi connectivity index (χ2n) is 5.54. The van der Waals surface area contributed by atoms with E-state index in [9.17, 15) is 8.42 Å². The van der Waals surface area contributed by atoms with E-state index in [1.807, 2.05) is 0 Å². The van der Waals surface area contributed by atoms with E-state index >= 15 is 0 Å². The van der Waals surface area contributed by atoms with Crippen molar-refractivity contribution < 1.29 is 8.42 Å². The monoisotopic (exact) mass is 296 g/mol. The number of aromatic nitrogens is 2. The van der Waals surface area contributed by atoms with Gasteiger partial charge in [-0.2, -0.15) is 4.31 Å². The van der Waals surface area contributed by atoms with Crippen molar-refractivity contribution in [2.75, 3.05) is 30.8 Å². The quantitative estimate of drug-likeness (QED) is 0.807. The number of hydrogen-bond donors (Lipinski definition) is 0. The highest BCUT2D eigenvalue weighted by atomic mass is 32.2. The minimum atomic E-state index is -3.13. The summed E-state index contributed by atoms with van der Waals surface area (Å²) in [6.45, 7) is 2.96. The van der Waals surface area contributed by atoms with Gasteiger partial charge >= 0.3 is 0 Å². The van der Waals surface area contributed by atoms with Gasteiger partial charge in [-0.05, 0) is 19.3 Å². The van der Waals surface area contributed by atoms with Gasteiger partial charge in [-0.15, -0.1) is 0 Å². The fraction of sp³-hybridized carbons (Fsp3) is 0.692. The summed E-state index contributed by atoms with van der Waals surface area (Å²) < 4.78 is 24.7. The Morgan fingerprint density at radius 2 is 1.90 bits per heavy atom. The Hall–Kier alpha value is -1.21. The topological polar surface area (TPSA) is 66.4 Å². The van der Waals surface area contributed by atoms with E-state index in [2.05, 4.69) is 14.9 Å². The highest BCUT2D eigenvalue weighted by molar-refractivity contribution is 7.88. The SMILES string of the molecule is CS(=O)(=O)N1CCc2nc(N3CCCCC3)ncc2C1. The molecule has 0 radical (unpaired) electrons. The van der Waals surface area contributed by atoms with Crippen molar-refractivity contribution >= 4 is 16.0 Å². The van der Waals surface area contributed by atoms with E-state index in [4.69, 9.17) is 0 Å². The third-order valence-corrected chi connectivity index (χ3v) is 5.24. The predicted octanol–water partition coefficient (Wildman–Crippen LogP) is 0.785. The van der Waals surface area contributed by atoms with Crippen molar-refractivity contribution in [2.45, 2.75) is 32.2 Å². The van der Waals surface area contributed by atoms with Crippen LogP contribution in [0, 0.1) is 0 Å². The third-order valence-electron chi connectivity index (χ3n) is 3.99. The van der Waals surface area contributed by atoms with Crippen LogP contribution in [-0.4, -0.2) is 48.6 Å². The van der Waals surface area contributed by atoms with Crippen molar-refractivity contribution in [3.8, 4) is 0 Å². The summed E-state index contributed by atoms with van der Waals surface area (Å²) in [5.41, 5.74) is 1.93. The van der Waals surface area contributed by atoms with Crippen LogP contribution in [0.25, 0.3) is 0 Å². The average Bonchev–Trinajstić information content (AvgIpc) is 2.46. The van der Waals surface area contributed by atoms with Crippen molar-refractivity contribution in [3.63, 3.8) is 0 Å². The lowest BCUT2D eigenvalue weighted by Gasteiger charge is -2.29. The zero-order chi connectivity index (χ0) is 14.2. The molecule has 1 saturated heterocycles. The van der Waals surface area contributed by atoms with E-state index < -0.39 is 10.0 Å². The molecule has 2 aliphatic heterocycles. The summed E-state index contributed by atoms with van der Waals surface area (Å²) in [6, 6.07) is 0. The summed E-state index contributed by atoms with van der Waals surface area (Å²) >= 11 is 0. The van der Waals surface area contributed by atoms with Crippen LogP contribution in [0.4, 0.5) is 5.95 Å². The molecular weight excluding hydrogens is 276 g/mol. The van der Waals surface area contributed by atoms with Crippen molar-refractivity contribution in [2.24, 2.45) is 0 Å². The molecule has 7 heteroatoms. The fourth-order valence-corrected chi connectivity index (χ4v) is 3.61. The first-order valence-electron chi connectivity index (χ1n) is 7.09. The van der Waals surface area contributed by atoms with Crippen LogP contribution in [0.1, 0.15) is 30.5 Å². The highest BCUT2D eigenvalue weighted by Gasteiger charge is 2.25. The smallest absolute Gasteiger partial charge is 0.225 e. The fourth-order valence-electron chi connectivity index (χ4n) is 2.81. The van der Waals surface area contributed by atoms with Gasteiger partial charge < -0.3 is 4.90 Å². The standard InChI is InChI=1S/C13H20N4O2S/c1-20(18,19)17-8-5-12-11(10-17)9-14-13(15-12)16-6-3-2-4-7-16/h9H,2-8,10H2,1H3. The number of fused-ring (bicyclic) bond motifs is 1. The summed E-state index contributed by atoms with van der Waals surface area (Å²) in [5.74, 6) is 0.802. The van der Waals surface area contributed by atoms with Gasteiger partial charge in [0.05, 0.1) is 11.9 Å². The van der Waals surface area contributed by atoms with Crippen LogP contribution < -0.4 is 4.90 Å². The number of anilines is 1. The van der Waals surface area contributed by atoms with Crippen molar-refractivity contribution in [1.82, 2.24) is 14.3 Å². The summed E-state index contributed by atoms with van der Waals surface area (Å²) in [4.78, 5) is 11.3. The molecule has 0 aliphatic carbocycles. The summed E-state index contributed by atoms with van der Waals surface area (Å²) in [6.07, 6.45) is 7.39. The molecule has 0 aromatic carbocycles. The third kappa shape index (κ3) is 2.78. The number of sulfonamides is 1. The van der Waals surface area contributed by atoms with Gasteiger partial charge in [0, 0.05) is 44.4 Å². The Kier molecular flexibility index (Phi) is 3.64. The molecule has 0 saturated carbocycles. The Labute approximate surface area is 119 Å². The van der Waals surface area contributed by atoms with E-state index in [-0.39, 0.29) is 0 Å².